The Balaban J connectivity index is 1.90. The average molecular weight is 371 g/mol. The number of rotatable bonds is 4. The first-order valence-corrected chi connectivity index (χ1v) is 8.93. The molecule has 1 saturated carbocycles. The van der Waals surface area contributed by atoms with Gasteiger partial charge in [0.2, 0.25) is 11.8 Å². The van der Waals surface area contributed by atoms with Crippen molar-refractivity contribution in [1.29, 1.82) is 0 Å². The lowest BCUT2D eigenvalue weighted by Crippen LogP contribution is -2.69. The normalized spacial score (nSPS) is 29.7. The molecule has 1 saturated heterocycles. The van der Waals surface area contributed by atoms with Gasteiger partial charge in [0.05, 0.1) is 10.3 Å². The van der Waals surface area contributed by atoms with Gasteiger partial charge in [0.15, 0.2) is 0 Å². The molecule has 2 aliphatic rings. The van der Waals surface area contributed by atoms with Crippen molar-refractivity contribution in [2.45, 2.75) is 51.2 Å². The SMILES string of the molecule is CCC1(C)C(=O)NC(C2CC2)C(=O)N1Cc1ccc(Br)s1. The van der Waals surface area contributed by atoms with E-state index >= 15 is 0 Å². The second-order valence-electron chi connectivity index (χ2n) is 6.05. The summed E-state index contributed by atoms with van der Waals surface area (Å²) in [5.41, 5.74) is -0.751. The third-order valence-electron chi connectivity index (χ3n) is 4.63. The monoisotopic (exact) mass is 370 g/mol. The Bertz CT molecular complexity index is 584. The molecule has 2 unspecified atom stereocenters. The van der Waals surface area contributed by atoms with Gasteiger partial charge >= 0.3 is 0 Å². The summed E-state index contributed by atoms with van der Waals surface area (Å²) < 4.78 is 1.04. The van der Waals surface area contributed by atoms with E-state index in [9.17, 15) is 9.59 Å². The Morgan fingerprint density at radius 3 is 2.67 bits per heavy atom. The molecule has 1 aliphatic heterocycles. The third-order valence-corrected chi connectivity index (χ3v) is 6.24. The number of hydrogen-bond acceptors (Lipinski definition) is 3. The lowest BCUT2D eigenvalue weighted by atomic mass is 9.89. The zero-order valence-corrected chi connectivity index (χ0v) is 14.6. The first-order chi connectivity index (χ1) is 9.95. The summed E-state index contributed by atoms with van der Waals surface area (Å²) in [6, 6.07) is 3.67. The number of hydrogen-bond donors (Lipinski definition) is 1. The number of thiophene rings is 1. The Kier molecular flexibility index (Phi) is 3.86. The van der Waals surface area contributed by atoms with Gasteiger partial charge in [-0.1, -0.05) is 6.92 Å². The molecule has 1 aromatic heterocycles. The number of amides is 2. The van der Waals surface area contributed by atoms with Gasteiger partial charge in [-0.05, 0) is 60.2 Å². The summed E-state index contributed by atoms with van der Waals surface area (Å²) in [5, 5.41) is 2.95. The predicted octanol–water partition coefficient (Wildman–Crippen LogP) is 2.92. The molecule has 0 aromatic carbocycles. The van der Waals surface area contributed by atoms with Crippen LogP contribution in [0.2, 0.25) is 0 Å². The van der Waals surface area contributed by atoms with Crippen LogP contribution in [-0.2, 0) is 16.1 Å². The van der Waals surface area contributed by atoms with Crippen LogP contribution in [0.25, 0.3) is 0 Å². The van der Waals surface area contributed by atoms with E-state index in [2.05, 4.69) is 21.2 Å². The van der Waals surface area contributed by atoms with E-state index in [-0.39, 0.29) is 17.9 Å². The number of piperazine rings is 1. The first kappa shape index (κ1) is 15.0. The maximum Gasteiger partial charge on any atom is 0.246 e. The highest BCUT2D eigenvalue weighted by molar-refractivity contribution is 9.11. The van der Waals surface area contributed by atoms with Gasteiger partial charge in [-0.2, -0.15) is 0 Å². The maximum atomic E-state index is 12.8. The number of carbonyl (C=O) groups is 2. The van der Waals surface area contributed by atoms with Crippen molar-refractivity contribution in [3.63, 3.8) is 0 Å². The fraction of sp³-hybridized carbons (Fsp3) is 0.600. The van der Waals surface area contributed by atoms with Gasteiger partial charge < -0.3 is 10.2 Å². The molecule has 1 aliphatic carbocycles. The van der Waals surface area contributed by atoms with Crippen LogP contribution in [0.15, 0.2) is 15.9 Å². The summed E-state index contributed by atoms with van der Waals surface area (Å²) in [7, 11) is 0. The molecule has 6 heteroatoms. The lowest BCUT2D eigenvalue weighted by molar-refractivity contribution is -0.158. The van der Waals surface area contributed by atoms with E-state index in [1.54, 1.807) is 16.2 Å². The highest BCUT2D eigenvalue weighted by Gasteiger charge is 2.52. The largest absolute Gasteiger partial charge is 0.342 e. The van der Waals surface area contributed by atoms with Gasteiger partial charge in [-0.3, -0.25) is 9.59 Å². The van der Waals surface area contributed by atoms with Crippen molar-refractivity contribution in [3.05, 3.63) is 20.8 Å². The molecule has 114 valence electrons. The second-order valence-corrected chi connectivity index (χ2v) is 8.59. The van der Waals surface area contributed by atoms with Crippen LogP contribution in [0, 0.1) is 5.92 Å². The van der Waals surface area contributed by atoms with Crippen molar-refractivity contribution in [2.75, 3.05) is 0 Å². The van der Waals surface area contributed by atoms with Crippen LogP contribution < -0.4 is 5.32 Å². The highest BCUT2D eigenvalue weighted by Crippen LogP contribution is 2.38. The zero-order chi connectivity index (χ0) is 15.2. The van der Waals surface area contributed by atoms with Crippen LogP contribution in [0.3, 0.4) is 0 Å². The van der Waals surface area contributed by atoms with E-state index in [4.69, 9.17) is 0 Å². The van der Waals surface area contributed by atoms with E-state index in [0.717, 1.165) is 21.5 Å². The first-order valence-electron chi connectivity index (χ1n) is 7.32. The minimum Gasteiger partial charge on any atom is -0.342 e. The van der Waals surface area contributed by atoms with Crippen LogP contribution >= 0.6 is 27.3 Å². The molecule has 1 N–H and O–H groups in total. The number of nitrogens with zero attached hydrogens (tertiary/aromatic N) is 1. The highest BCUT2D eigenvalue weighted by atomic mass is 79.9. The second kappa shape index (κ2) is 5.39. The van der Waals surface area contributed by atoms with Gasteiger partial charge in [-0.15, -0.1) is 11.3 Å². The summed E-state index contributed by atoms with van der Waals surface area (Å²) >= 11 is 5.06. The maximum absolute atomic E-state index is 12.8. The molecule has 0 spiro atoms. The van der Waals surface area contributed by atoms with Gasteiger partial charge in [0.25, 0.3) is 0 Å². The minimum absolute atomic E-state index is 0.0166. The molecule has 2 atom stereocenters. The van der Waals surface area contributed by atoms with E-state index in [0.29, 0.717) is 18.9 Å². The zero-order valence-electron chi connectivity index (χ0n) is 12.2. The van der Waals surface area contributed by atoms with Crippen molar-refractivity contribution in [2.24, 2.45) is 5.92 Å². The number of nitrogens with one attached hydrogen (secondary N) is 1. The average Bonchev–Trinajstić information content (AvgIpc) is 3.22. The van der Waals surface area contributed by atoms with Crippen molar-refractivity contribution in [3.8, 4) is 0 Å². The molecule has 21 heavy (non-hydrogen) atoms. The number of halogens is 1. The van der Waals surface area contributed by atoms with E-state index < -0.39 is 5.54 Å². The molecular weight excluding hydrogens is 352 g/mol. The topological polar surface area (TPSA) is 49.4 Å². The Morgan fingerprint density at radius 2 is 2.14 bits per heavy atom. The van der Waals surface area contributed by atoms with Crippen LogP contribution in [0.5, 0.6) is 0 Å². The summed E-state index contributed by atoms with van der Waals surface area (Å²) in [6.45, 7) is 4.34. The van der Waals surface area contributed by atoms with E-state index in [1.807, 2.05) is 26.0 Å². The molecule has 1 aromatic rings. The molecule has 0 radical (unpaired) electrons. The smallest absolute Gasteiger partial charge is 0.246 e. The lowest BCUT2D eigenvalue weighted by Gasteiger charge is -2.46. The molecule has 2 fully saturated rings. The quantitative estimate of drug-likeness (QED) is 0.885. The minimum atomic E-state index is -0.751. The predicted molar refractivity (Wildman–Crippen MR) is 85.9 cm³/mol. The van der Waals surface area contributed by atoms with Gasteiger partial charge in [0.1, 0.15) is 11.6 Å². The van der Waals surface area contributed by atoms with Crippen molar-refractivity contribution < 1.29 is 9.59 Å². The Hall–Kier alpha value is -0.880. The summed E-state index contributed by atoms with van der Waals surface area (Å²) in [5.74, 6) is 0.392. The van der Waals surface area contributed by atoms with E-state index in [1.165, 1.54) is 0 Å². The molecule has 2 amide bonds. The van der Waals surface area contributed by atoms with Gasteiger partial charge in [0, 0.05) is 4.88 Å². The van der Waals surface area contributed by atoms with Gasteiger partial charge in [-0.25, -0.2) is 0 Å². The van der Waals surface area contributed by atoms with Crippen LogP contribution in [-0.4, -0.2) is 28.3 Å². The Labute approximate surface area is 137 Å². The third kappa shape index (κ3) is 2.63. The molecule has 4 nitrogen and oxygen atoms in total. The fourth-order valence-corrected chi connectivity index (χ4v) is 4.31. The molecular formula is C15H19BrN2O2S. The van der Waals surface area contributed by atoms with Crippen LogP contribution in [0.1, 0.15) is 38.0 Å². The standard InChI is InChI=1S/C15H19BrN2O2S/c1-3-15(2)14(20)17-12(9-4-5-9)13(19)18(15)8-10-6-7-11(16)21-10/h6-7,9,12H,3-5,8H2,1-2H3,(H,17,20). The van der Waals surface area contributed by atoms with Crippen LogP contribution in [0.4, 0.5) is 0 Å². The molecule has 2 heterocycles. The van der Waals surface area contributed by atoms with Crippen molar-refractivity contribution in [1.82, 2.24) is 10.2 Å². The summed E-state index contributed by atoms with van der Waals surface area (Å²) in [4.78, 5) is 28.3. The summed E-state index contributed by atoms with van der Waals surface area (Å²) in [6.07, 6.45) is 2.70. The number of carbonyl (C=O) groups excluding carboxylic acids is 2. The Morgan fingerprint density at radius 1 is 1.43 bits per heavy atom. The molecule has 0 bridgehead atoms. The van der Waals surface area contributed by atoms with Crippen molar-refractivity contribution >= 4 is 39.1 Å². The fourth-order valence-electron chi connectivity index (χ4n) is 2.84. The molecule has 3 rings (SSSR count).